The molecule has 1 aliphatic heterocycles. The highest BCUT2D eigenvalue weighted by Gasteiger charge is 2.39. The first kappa shape index (κ1) is 16.4. The zero-order valence-electron chi connectivity index (χ0n) is 12.3. The molecule has 1 atom stereocenters. The van der Waals surface area contributed by atoms with Crippen molar-refractivity contribution in [3.05, 3.63) is 61.6 Å². The Morgan fingerprint density at radius 3 is 2.61 bits per heavy atom. The Hall–Kier alpha value is -2.97. The second-order valence-electron chi connectivity index (χ2n) is 4.73. The van der Waals surface area contributed by atoms with Gasteiger partial charge in [-0.2, -0.15) is 0 Å². The SMILES string of the molecule is CCOC1=C([C@H](C[N+](=O)[O-])c2ccccc2[N+](=O)[O-])C(=O)CO1. The highest BCUT2D eigenvalue weighted by atomic mass is 16.7. The molecule has 0 saturated heterocycles. The van der Waals surface area contributed by atoms with Crippen molar-refractivity contribution in [3.63, 3.8) is 0 Å². The van der Waals surface area contributed by atoms with Crippen molar-refractivity contribution in [1.82, 2.24) is 0 Å². The van der Waals surface area contributed by atoms with E-state index in [1.807, 2.05) is 0 Å². The average Bonchev–Trinajstić information content (AvgIpc) is 2.86. The Morgan fingerprint density at radius 2 is 2.00 bits per heavy atom. The Balaban J connectivity index is 2.58. The first-order chi connectivity index (χ1) is 11.0. The molecule has 9 heteroatoms. The second-order valence-corrected chi connectivity index (χ2v) is 4.73. The number of hydrogen-bond acceptors (Lipinski definition) is 7. The van der Waals surface area contributed by atoms with Gasteiger partial charge in [0.2, 0.25) is 12.3 Å². The van der Waals surface area contributed by atoms with Gasteiger partial charge in [0.05, 0.1) is 23.0 Å². The molecular formula is C14H14N2O7. The first-order valence-electron chi connectivity index (χ1n) is 6.83. The van der Waals surface area contributed by atoms with Gasteiger partial charge < -0.3 is 9.47 Å². The molecule has 0 bridgehead atoms. The fraction of sp³-hybridized carbons (Fsp3) is 0.357. The monoisotopic (exact) mass is 322 g/mol. The lowest BCUT2D eigenvalue weighted by Crippen LogP contribution is -2.20. The fourth-order valence-corrected chi connectivity index (χ4v) is 2.43. The van der Waals surface area contributed by atoms with Gasteiger partial charge in [-0.05, 0) is 6.92 Å². The lowest BCUT2D eigenvalue weighted by Gasteiger charge is -2.14. The number of ether oxygens (including phenoxy) is 2. The van der Waals surface area contributed by atoms with Gasteiger partial charge in [0.1, 0.15) is 0 Å². The number of nitrogens with zero attached hydrogens (tertiary/aromatic N) is 2. The van der Waals surface area contributed by atoms with Crippen LogP contribution in [0.5, 0.6) is 0 Å². The number of carbonyl (C=O) groups excluding carboxylic acids is 1. The summed E-state index contributed by atoms with van der Waals surface area (Å²) in [6, 6.07) is 5.62. The average molecular weight is 322 g/mol. The summed E-state index contributed by atoms with van der Waals surface area (Å²) in [5, 5.41) is 22.2. The van der Waals surface area contributed by atoms with E-state index in [4.69, 9.17) is 9.47 Å². The third-order valence-corrected chi connectivity index (χ3v) is 3.32. The van der Waals surface area contributed by atoms with Crippen molar-refractivity contribution in [1.29, 1.82) is 0 Å². The second kappa shape index (κ2) is 6.86. The van der Waals surface area contributed by atoms with E-state index in [0.29, 0.717) is 0 Å². The summed E-state index contributed by atoms with van der Waals surface area (Å²) in [6.45, 7) is 0.907. The van der Waals surface area contributed by atoms with E-state index >= 15 is 0 Å². The van der Waals surface area contributed by atoms with Gasteiger partial charge >= 0.3 is 0 Å². The van der Waals surface area contributed by atoms with E-state index in [9.17, 15) is 25.0 Å². The quantitative estimate of drug-likeness (QED) is 0.554. The third kappa shape index (κ3) is 3.44. The molecule has 122 valence electrons. The highest BCUT2D eigenvalue weighted by Crippen LogP contribution is 2.36. The Bertz CT molecular complexity index is 683. The van der Waals surface area contributed by atoms with Crippen LogP contribution < -0.4 is 0 Å². The van der Waals surface area contributed by atoms with E-state index in [2.05, 4.69) is 0 Å². The molecule has 9 nitrogen and oxygen atoms in total. The molecule has 2 rings (SSSR count). The van der Waals surface area contributed by atoms with Gasteiger partial charge in [-0.25, -0.2) is 0 Å². The highest BCUT2D eigenvalue weighted by molar-refractivity contribution is 6.00. The molecule has 0 radical (unpaired) electrons. The van der Waals surface area contributed by atoms with Crippen LogP contribution in [0.4, 0.5) is 5.69 Å². The molecule has 0 N–H and O–H groups in total. The van der Waals surface area contributed by atoms with Crippen LogP contribution in [-0.4, -0.2) is 35.4 Å². The smallest absolute Gasteiger partial charge is 0.287 e. The fourth-order valence-electron chi connectivity index (χ4n) is 2.43. The lowest BCUT2D eigenvalue weighted by molar-refractivity contribution is -0.482. The number of nitro groups is 2. The van der Waals surface area contributed by atoms with Gasteiger partial charge in [0, 0.05) is 16.6 Å². The number of ketones is 1. The topological polar surface area (TPSA) is 122 Å². The van der Waals surface area contributed by atoms with Crippen LogP contribution >= 0.6 is 0 Å². The van der Waals surface area contributed by atoms with Crippen LogP contribution in [0.25, 0.3) is 0 Å². The Labute approximate surface area is 130 Å². The molecule has 0 saturated carbocycles. The standard InChI is InChI=1S/C14H14N2O7/c1-2-22-14-13(12(17)8-23-14)10(7-15(18)19)9-5-3-4-6-11(9)16(20)21/h3-6,10H,2,7-8H2,1H3/t10-/m1/s1. The number of benzene rings is 1. The molecular weight excluding hydrogens is 308 g/mol. The third-order valence-electron chi connectivity index (χ3n) is 3.32. The van der Waals surface area contributed by atoms with Crippen molar-refractivity contribution in [2.75, 3.05) is 19.8 Å². The number of carbonyl (C=O) groups is 1. The molecule has 23 heavy (non-hydrogen) atoms. The van der Waals surface area contributed by atoms with E-state index in [0.717, 1.165) is 0 Å². The van der Waals surface area contributed by atoms with Crippen LogP contribution in [-0.2, 0) is 14.3 Å². The van der Waals surface area contributed by atoms with Gasteiger partial charge in [-0.15, -0.1) is 0 Å². The zero-order valence-corrected chi connectivity index (χ0v) is 12.3. The Kier molecular flexibility index (Phi) is 4.89. The first-order valence-corrected chi connectivity index (χ1v) is 6.83. The molecule has 0 amide bonds. The van der Waals surface area contributed by atoms with Gasteiger partial charge in [0.25, 0.3) is 11.6 Å². The van der Waals surface area contributed by atoms with Gasteiger partial charge in [0.15, 0.2) is 6.61 Å². The lowest BCUT2D eigenvalue weighted by atomic mass is 9.88. The van der Waals surface area contributed by atoms with Crippen molar-refractivity contribution < 1.29 is 24.1 Å². The van der Waals surface area contributed by atoms with Crippen LogP contribution in [0, 0.1) is 20.2 Å². The van der Waals surface area contributed by atoms with Crippen LogP contribution in [0.3, 0.4) is 0 Å². The minimum atomic E-state index is -1.11. The molecule has 0 aromatic heterocycles. The minimum Gasteiger partial charge on any atom is -0.465 e. The molecule has 1 aromatic rings. The van der Waals surface area contributed by atoms with Crippen molar-refractivity contribution >= 4 is 11.5 Å². The van der Waals surface area contributed by atoms with E-state index in [-0.39, 0.29) is 36.0 Å². The van der Waals surface area contributed by atoms with E-state index in [1.165, 1.54) is 24.3 Å². The number of hydrogen-bond donors (Lipinski definition) is 0. The van der Waals surface area contributed by atoms with Crippen LogP contribution in [0.1, 0.15) is 18.4 Å². The van der Waals surface area contributed by atoms with E-state index in [1.54, 1.807) is 6.92 Å². The predicted molar refractivity (Wildman–Crippen MR) is 77.3 cm³/mol. The van der Waals surface area contributed by atoms with Crippen molar-refractivity contribution in [3.8, 4) is 0 Å². The molecule has 0 spiro atoms. The maximum absolute atomic E-state index is 12.1. The number of rotatable bonds is 7. The maximum atomic E-state index is 12.1. The predicted octanol–water partition coefficient (Wildman–Crippen LogP) is 1.80. The number of Topliss-reactive ketones (excluding diaryl/α,β-unsaturated/α-hetero) is 1. The van der Waals surface area contributed by atoms with Crippen molar-refractivity contribution in [2.45, 2.75) is 12.8 Å². The zero-order chi connectivity index (χ0) is 17.0. The molecule has 0 unspecified atom stereocenters. The number of nitro benzene ring substituents is 1. The van der Waals surface area contributed by atoms with Gasteiger partial charge in [-0.3, -0.25) is 25.0 Å². The molecule has 1 heterocycles. The maximum Gasteiger partial charge on any atom is 0.287 e. The summed E-state index contributed by atoms with van der Waals surface area (Å²) in [6.07, 6.45) is 0. The summed E-state index contributed by atoms with van der Waals surface area (Å²) < 4.78 is 10.3. The summed E-state index contributed by atoms with van der Waals surface area (Å²) in [7, 11) is 0. The summed E-state index contributed by atoms with van der Waals surface area (Å²) in [4.78, 5) is 33.0. The van der Waals surface area contributed by atoms with Crippen molar-refractivity contribution in [2.24, 2.45) is 0 Å². The summed E-state index contributed by atoms with van der Waals surface area (Å²) in [5.41, 5.74) is -0.236. The molecule has 0 aliphatic carbocycles. The molecule has 0 fully saturated rings. The molecule has 1 aromatic carbocycles. The molecule has 1 aliphatic rings. The van der Waals surface area contributed by atoms with Crippen LogP contribution in [0.2, 0.25) is 0 Å². The number of para-hydroxylation sites is 1. The summed E-state index contributed by atoms with van der Waals surface area (Å²) in [5.74, 6) is -1.68. The normalized spacial score (nSPS) is 15.3. The largest absolute Gasteiger partial charge is 0.465 e. The van der Waals surface area contributed by atoms with E-state index < -0.39 is 28.1 Å². The summed E-state index contributed by atoms with van der Waals surface area (Å²) >= 11 is 0. The Morgan fingerprint density at radius 1 is 1.30 bits per heavy atom. The minimum absolute atomic E-state index is 0.0298. The van der Waals surface area contributed by atoms with Gasteiger partial charge in [-0.1, -0.05) is 18.2 Å². The van der Waals surface area contributed by atoms with Crippen LogP contribution in [0.15, 0.2) is 35.8 Å².